The molecule has 32 heavy (non-hydrogen) atoms. The maximum atomic E-state index is 12.7. The van der Waals surface area contributed by atoms with Gasteiger partial charge in [-0.2, -0.15) is 15.0 Å². The summed E-state index contributed by atoms with van der Waals surface area (Å²) in [5.41, 5.74) is 7.95. The highest BCUT2D eigenvalue weighted by Gasteiger charge is 2.22. The van der Waals surface area contributed by atoms with Crippen molar-refractivity contribution in [1.29, 1.82) is 0 Å². The highest BCUT2D eigenvalue weighted by molar-refractivity contribution is 5.94. The number of nitrogens with two attached hydrogens (primary N) is 1. The average Bonchev–Trinajstić information content (AvgIpc) is 2.81. The third-order valence-electron chi connectivity index (χ3n) is 4.60. The molecule has 1 heterocycles. The molecule has 0 aliphatic rings. The molecule has 0 atom stereocenters. The minimum absolute atomic E-state index is 0.00576. The number of hydrogen-bond donors (Lipinski definition) is 2. The number of methoxy groups -OCH3 is 3. The molecule has 0 saturated carbocycles. The Bertz CT molecular complexity index is 1110. The second kappa shape index (κ2) is 10.3. The first-order chi connectivity index (χ1) is 15.5. The lowest BCUT2D eigenvalue weighted by Crippen LogP contribution is -2.12. The van der Waals surface area contributed by atoms with Crippen LogP contribution >= 0.6 is 0 Å². The summed E-state index contributed by atoms with van der Waals surface area (Å²) in [4.78, 5) is 25.2. The number of carbonyl (C=O) groups is 1. The Morgan fingerprint density at radius 2 is 1.72 bits per heavy atom. The second-order valence-electron chi connectivity index (χ2n) is 6.53. The Balaban J connectivity index is 1.78. The lowest BCUT2D eigenvalue weighted by Gasteiger charge is -2.15. The normalized spacial score (nSPS) is 10.4. The molecular weight excluding hydrogens is 414 g/mol. The second-order valence-corrected chi connectivity index (χ2v) is 6.53. The van der Waals surface area contributed by atoms with E-state index in [1.54, 1.807) is 6.07 Å². The molecule has 0 aliphatic heterocycles. The Labute approximate surface area is 185 Å². The van der Waals surface area contributed by atoms with Crippen LogP contribution in [0.25, 0.3) is 0 Å². The largest absolute Gasteiger partial charge is 0.493 e. The Morgan fingerprint density at radius 1 is 0.969 bits per heavy atom. The van der Waals surface area contributed by atoms with E-state index in [4.69, 9.17) is 24.7 Å². The minimum Gasteiger partial charge on any atom is -0.493 e. The van der Waals surface area contributed by atoms with Crippen molar-refractivity contribution in [2.75, 3.05) is 32.4 Å². The molecule has 1 aromatic heterocycles. The molecule has 0 saturated heterocycles. The van der Waals surface area contributed by atoms with Crippen molar-refractivity contribution in [3.63, 3.8) is 0 Å². The third kappa shape index (κ3) is 4.97. The SMILES string of the molecule is CCc1ccccc1Nc1nc(N)nc(COC(=O)c2ccc(OC)c(OC)c2OC)n1. The fraction of sp³-hybridized carbons (Fsp3) is 0.273. The topological polar surface area (TPSA) is 131 Å². The number of anilines is 3. The van der Waals surface area contributed by atoms with Gasteiger partial charge in [0.2, 0.25) is 17.6 Å². The fourth-order valence-corrected chi connectivity index (χ4v) is 3.10. The first-order valence-electron chi connectivity index (χ1n) is 9.82. The summed E-state index contributed by atoms with van der Waals surface area (Å²) in [5, 5.41) is 3.14. The number of benzene rings is 2. The minimum atomic E-state index is -0.646. The summed E-state index contributed by atoms with van der Waals surface area (Å²) in [7, 11) is 4.37. The molecule has 0 unspecified atom stereocenters. The summed E-state index contributed by atoms with van der Waals surface area (Å²) >= 11 is 0. The van der Waals surface area contributed by atoms with E-state index in [9.17, 15) is 4.79 Å². The lowest BCUT2D eigenvalue weighted by molar-refractivity contribution is 0.0457. The molecule has 2 aromatic carbocycles. The zero-order valence-corrected chi connectivity index (χ0v) is 18.3. The van der Waals surface area contributed by atoms with Gasteiger partial charge in [-0.25, -0.2) is 4.79 Å². The predicted molar refractivity (Wildman–Crippen MR) is 119 cm³/mol. The van der Waals surface area contributed by atoms with E-state index < -0.39 is 5.97 Å². The quantitative estimate of drug-likeness (QED) is 0.479. The van der Waals surface area contributed by atoms with Gasteiger partial charge in [0.1, 0.15) is 5.56 Å². The van der Waals surface area contributed by atoms with Crippen LogP contribution in [0, 0.1) is 0 Å². The summed E-state index contributed by atoms with van der Waals surface area (Å²) in [6, 6.07) is 10.9. The van der Waals surface area contributed by atoms with Crippen molar-refractivity contribution in [1.82, 2.24) is 15.0 Å². The van der Waals surface area contributed by atoms with E-state index in [1.165, 1.54) is 27.4 Å². The number of nitrogens with zero attached hydrogens (tertiary/aromatic N) is 3. The van der Waals surface area contributed by atoms with E-state index in [1.807, 2.05) is 24.3 Å². The van der Waals surface area contributed by atoms with Crippen LogP contribution in [0.4, 0.5) is 17.6 Å². The van der Waals surface area contributed by atoms with Crippen molar-refractivity contribution < 1.29 is 23.7 Å². The number of nitrogens with one attached hydrogen (secondary N) is 1. The van der Waals surface area contributed by atoms with E-state index in [-0.39, 0.29) is 41.4 Å². The number of rotatable bonds is 9. The van der Waals surface area contributed by atoms with Gasteiger partial charge in [-0.05, 0) is 30.2 Å². The van der Waals surface area contributed by atoms with Crippen molar-refractivity contribution in [2.45, 2.75) is 20.0 Å². The van der Waals surface area contributed by atoms with Crippen molar-refractivity contribution in [3.05, 3.63) is 53.3 Å². The van der Waals surface area contributed by atoms with Crippen LogP contribution in [0.15, 0.2) is 36.4 Å². The predicted octanol–water partition coefficient (Wildman–Crippen LogP) is 3.14. The number of carbonyl (C=O) groups excluding carboxylic acids is 1. The molecule has 168 valence electrons. The van der Waals surface area contributed by atoms with E-state index in [0.717, 1.165) is 17.7 Å². The van der Waals surface area contributed by atoms with Gasteiger partial charge in [0.25, 0.3) is 0 Å². The smallest absolute Gasteiger partial charge is 0.342 e. The Hall–Kier alpha value is -4.08. The van der Waals surface area contributed by atoms with Gasteiger partial charge in [-0.3, -0.25) is 0 Å². The molecule has 0 radical (unpaired) electrons. The molecule has 3 aromatic rings. The highest BCUT2D eigenvalue weighted by atomic mass is 16.5. The van der Waals surface area contributed by atoms with E-state index in [0.29, 0.717) is 5.75 Å². The zero-order chi connectivity index (χ0) is 23.1. The fourth-order valence-electron chi connectivity index (χ4n) is 3.10. The van der Waals surface area contributed by atoms with Crippen LogP contribution in [0.5, 0.6) is 17.2 Å². The summed E-state index contributed by atoms with van der Waals surface area (Å²) in [6.45, 7) is 1.84. The number of aryl methyl sites for hydroxylation is 1. The van der Waals surface area contributed by atoms with Crippen molar-refractivity contribution in [2.24, 2.45) is 0 Å². The third-order valence-corrected chi connectivity index (χ3v) is 4.60. The van der Waals surface area contributed by atoms with E-state index in [2.05, 4.69) is 27.2 Å². The first-order valence-corrected chi connectivity index (χ1v) is 9.82. The number of aromatic nitrogens is 3. The van der Waals surface area contributed by atoms with Crippen LogP contribution in [0.2, 0.25) is 0 Å². The maximum Gasteiger partial charge on any atom is 0.342 e. The average molecular weight is 439 g/mol. The van der Waals surface area contributed by atoms with Crippen LogP contribution < -0.4 is 25.3 Å². The molecule has 10 heteroatoms. The molecular formula is C22H25N5O5. The molecule has 10 nitrogen and oxygen atoms in total. The van der Waals surface area contributed by atoms with Gasteiger partial charge in [0.05, 0.1) is 21.3 Å². The van der Waals surface area contributed by atoms with Crippen molar-refractivity contribution in [3.8, 4) is 17.2 Å². The molecule has 0 amide bonds. The Morgan fingerprint density at radius 3 is 2.41 bits per heavy atom. The molecule has 3 N–H and O–H groups in total. The molecule has 0 spiro atoms. The van der Waals surface area contributed by atoms with Crippen LogP contribution in [-0.4, -0.2) is 42.3 Å². The molecule has 0 aliphatic carbocycles. The standard InChI is InChI=1S/C22H25N5O5/c1-5-13-8-6-7-9-15(13)24-22-26-17(25-21(23)27-22)12-32-20(28)14-10-11-16(29-2)19(31-4)18(14)30-3/h6-11H,5,12H2,1-4H3,(H3,23,24,25,26,27). The summed E-state index contributed by atoms with van der Waals surface area (Å²) in [6.07, 6.45) is 0.835. The van der Waals surface area contributed by atoms with Gasteiger partial charge in [-0.1, -0.05) is 25.1 Å². The van der Waals surface area contributed by atoms with Gasteiger partial charge in [0, 0.05) is 5.69 Å². The first kappa shape index (κ1) is 22.6. The van der Waals surface area contributed by atoms with Gasteiger partial charge >= 0.3 is 5.97 Å². The summed E-state index contributed by atoms with van der Waals surface area (Å²) < 4.78 is 21.2. The lowest BCUT2D eigenvalue weighted by atomic mass is 10.1. The number of hydrogen-bond acceptors (Lipinski definition) is 10. The van der Waals surface area contributed by atoms with Crippen LogP contribution in [0.3, 0.4) is 0 Å². The maximum absolute atomic E-state index is 12.7. The van der Waals surface area contributed by atoms with Gasteiger partial charge < -0.3 is 30.0 Å². The van der Waals surface area contributed by atoms with Gasteiger partial charge in [0.15, 0.2) is 23.9 Å². The van der Waals surface area contributed by atoms with Crippen LogP contribution in [-0.2, 0) is 17.8 Å². The number of esters is 1. The van der Waals surface area contributed by atoms with E-state index >= 15 is 0 Å². The monoisotopic (exact) mass is 439 g/mol. The van der Waals surface area contributed by atoms with Crippen LogP contribution in [0.1, 0.15) is 28.7 Å². The molecule has 0 bridgehead atoms. The number of para-hydroxylation sites is 1. The number of ether oxygens (including phenoxy) is 4. The number of nitrogen functional groups attached to an aromatic ring is 1. The zero-order valence-electron chi connectivity index (χ0n) is 18.3. The molecule has 0 fully saturated rings. The summed E-state index contributed by atoms with van der Waals surface area (Å²) in [5.74, 6) is 0.725. The van der Waals surface area contributed by atoms with Gasteiger partial charge in [-0.15, -0.1) is 0 Å². The van der Waals surface area contributed by atoms with Crippen molar-refractivity contribution >= 4 is 23.6 Å². The Kier molecular flexibility index (Phi) is 7.27. The molecule has 3 rings (SSSR count). The highest BCUT2D eigenvalue weighted by Crippen LogP contribution is 2.40.